The molecular weight excluding hydrogens is 396 g/mol. The molecule has 3 aromatic rings. The van der Waals surface area contributed by atoms with Crippen LogP contribution in [-0.2, 0) is 4.79 Å². The van der Waals surface area contributed by atoms with Gasteiger partial charge in [-0.2, -0.15) is 0 Å². The number of carbonyl (C=O) groups is 2. The zero-order valence-electron chi connectivity index (χ0n) is 15.4. The van der Waals surface area contributed by atoms with Gasteiger partial charge >= 0.3 is 0 Å². The van der Waals surface area contributed by atoms with Crippen molar-refractivity contribution < 1.29 is 9.59 Å². The lowest BCUT2D eigenvalue weighted by Crippen LogP contribution is -2.17. The Morgan fingerprint density at radius 3 is 2.61 bits per heavy atom. The summed E-state index contributed by atoms with van der Waals surface area (Å²) in [4.78, 5) is 24.2. The van der Waals surface area contributed by atoms with Gasteiger partial charge in [0.05, 0.1) is 11.4 Å². The van der Waals surface area contributed by atoms with Crippen LogP contribution in [0, 0.1) is 5.92 Å². The molecule has 28 heavy (non-hydrogen) atoms. The predicted octanol–water partition coefficient (Wildman–Crippen LogP) is 4.49. The van der Waals surface area contributed by atoms with Gasteiger partial charge in [0.25, 0.3) is 0 Å². The SMILES string of the molecule is CC(C)C(=O)Nc1ccc(C(=O)CSc2nncn2-c2cccc(Cl)c2)cc1. The van der Waals surface area contributed by atoms with Gasteiger partial charge in [-0.1, -0.05) is 43.3 Å². The first kappa shape index (κ1) is 20.1. The number of aromatic nitrogens is 3. The molecule has 0 saturated carbocycles. The van der Waals surface area contributed by atoms with Gasteiger partial charge in [-0.3, -0.25) is 14.2 Å². The number of carbonyl (C=O) groups excluding carboxylic acids is 2. The van der Waals surface area contributed by atoms with Crippen LogP contribution in [0.3, 0.4) is 0 Å². The number of nitrogens with one attached hydrogen (secondary N) is 1. The fourth-order valence-electron chi connectivity index (χ4n) is 2.37. The van der Waals surface area contributed by atoms with Crippen LogP contribution in [0.5, 0.6) is 0 Å². The molecule has 1 heterocycles. The van der Waals surface area contributed by atoms with Crippen molar-refractivity contribution >= 4 is 40.7 Å². The van der Waals surface area contributed by atoms with E-state index in [-0.39, 0.29) is 23.4 Å². The molecule has 0 unspecified atom stereocenters. The lowest BCUT2D eigenvalue weighted by molar-refractivity contribution is -0.118. The second kappa shape index (κ2) is 9.03. The summed E-state index contributed by atoms with van der Waals surface area (Å²) in [5, 5.41) is 12.0. The summed E-state index contributed by atoms with van der Waals surface area (Å²) < 4.78 is 1.79. The third-order valence-corrected chi connectivity index (χ3v) is 5.11. The molecule has 0 aliphatic rings. The molecule has 0 radical (unpaired) electrons. The average Bonchev–Trinajstić information content (AvgIpc) is 3.15. The molecule has 0 aliphatic carbocycles. The molecule has 0 saturated heterocycles. The van der Waals surface area contributed by atoms with Crippen LogP contribution >= 0.6 is 23.4 Å². The molecule has 0 bridgehead atoms. The summed E-state index contributed by atoms with van der Waals surface area (Å²) in [5.41, 5.74) is 2.07. The molecule has 144 valence electrons. The number of anilines is 1. The molecule has 3 rings (SSSR count). The number of halogens is 1. The lowest BCUT2D eigenvalue weighted by Gasteiger charge is -2.08. The number of rotatable bonds is 7. The van der Waals surface area contributed by atoms with Crippen LogP contribution in [0.15, 0.2) is 60.0 Å². The molecule has 0 fully saturated rings. The van der Waals surface area contributed by atoms with E-state index in [1.807, 2.05) is 26.0 Å². The van der Waals surface area contributed by atoms with Gasteiger partial charge in [-0.15, -0.1) is 10.2 Å². The summed E-state index contributed by atoms with van der Waals surface area (Å²) in [6.45, 7) is 3.65. The Bertz CT molecular complexity index is 986. The van der Waals surface area contributed by atoms with E-state index in [9.17, 15) is 9.59 Å². The number of benzene rings is 2. The molecule has 1 amide bonds. The smallest absolute Gasteiger partial charge is 0.226 e. The second-order valence-corrected chi connectivity index (χ2v) is 7.78. The van der Waals surface area contributed by atoms with E-state index in [0.717, 1.165) is 5.69 Å². The first-order chi connectivity index (χ1) is 13.4. The first-order valence-electron chi connectivity index (χ1n) is 8.67. The van der Waals surface area contributed by atoms with Crippen LogP contribution in [0.4, 0.5) is 5.69 Å². The van der Waals surface area contributed by atoms with Crippen molar-refractivity contribution in [3.8, 4) is 5.69 Å². The fraction of sp³-hybridized carbons (Fsp3) is 0.200. The topological polar surface area (TPSA) is 76.9 Å². The number of thioether (sulfide) groups is 1. The molecule has 8 heteroatoms. The summed E-state index contributed by atoms with van der Waals surface area (Å²) in [6.07, 6.45) is 1.59. The normalized spacial score (nSPS) is 10.9. The quantitative estimate of drug-likeness (QED) is 0.455. The third kappa shape index (κ3) is 4.99. The minimum atomic E-state index is -0.102. The van der Waals surface area contributed by atoms with Crippen LogP contribution in [0.2, 0.25) is 5.02 Å². The number of Topliss-reactive ketones (excluding diaryl/α,β-unsaturated/α-hetero) is 1. The monoisotopic (exact) mass is 414 g/mol. The Balaban J connectivity index is 1.64. The predicted molar refractivity (Wildman–Crippen MR) is 111 cm³/mol. The van der Waals surface area contributed by atoms with Gasteiger partial charge in [-0.25, -0.2) is 0 Å². The van der Waals surface area contributed by atoms with E-state index in [4.69, 9.17) is 11.6 Å². The maximum absolute atomic E-state index is 12.5. The Hall–Kier alpha value is -2.64. The Morgan fingerprint density at radius 1 is 1.18 bits per heavy atom. The summed E-state index contributed by atoms with van der Waals surface area (Å²) in [6, 6.07) is 14.2. The van der Waals surface area contributed by atoms with E-state index >= 15 is 0 Å². The van der Waals surface area contributed by atoms with E-state index in [2.05, 4.69) is 15.5 Å². The van der Waals surface area contributed by atoms with Gasteiger partial charge in [0.2, 0.25) is 5.91 Å². The van der Waals surface area contributed by atoms with Crippen LogP contribution in [0.25, 0.3) is 5.69 Å². The van der Waals surface area contributed by atoms with Crippen LogP contribution in [0.1, 0.15) is 24.2 Å². The number of nitrogens with zero attached hydrogens (tertiary/aromatic N) is 3. The van der Waals surface area contributed by atoms with Gasteiger partial charge in [0.1, 0.15) is 6.33 Å². The lowest BCUT2D eigenvalue weighted by atomic mass is 10.1. The Kier molecular flexibility index (Phi) is 6.49. The molecule has 2 aromatic carbocycles. The maximum atomic E-state index is 12.5. The molecule has 6 nitrogen and oxygen atoms in total. The van der Waals surface area contributed by atoms with Crippen LogP contribution < -0.4 is 5.32 Å². The number of ketones is 1. The molecule has 1 aromatic heterocycles. The van der Waals surface area contributed by atoms with Gasteiger partial charge in [0.15, 0.2) is 10.9 Å². The van der Waals surface area contributed by atoms with Crippen molar-refractivity contribution in [2.24, 2.45) is 5.92 Å². The third-order valence-electron chi connectivity index (χ3n) is 3.93. The highest BCUT2D eigenvalue weighted by Gasteiger charge is 2.13. The standard InChI is InChI=1S/C20H19ClN4O2S/c1-13(2)19(27)23-16-8-6-14(7-9-16)18(26)11-28-20-24-22-12-25(20)17-5-3-4-15(21)10-17/h3-10,12-13H,11H2,1-2H3,(H,23,27). The van der Waals surface area contributed by atoms with Gasteiger partial charge in [0, 0.05) is 22.2 Å². The largest absolute Gasteiger partial charge is 0.326 e. The van der Waals surface area contributed by atoms with Crippen molar-refractivity contribution in [2.45, 2.75) is 19.0 Å². The first-order valence-corrected chi connectivity index (χ1v) is 10.0. The molecule has 1 N–H and O–H groups in total. The highest BCUT2D eigenvalue weighted by molar-refractivity contribution is 7.99. The molecule has 0 spiro atoms. The average molecular weight is 415 g/mol. The maximum Gasteiger partial charge on any atom is 0.226 e. The Morgan fingerprint density at radius 2 is 1.93 bits per heavy atom. The van der Waals surface area contributed by atoms with Crippen LogP contribution in [-0.4, -0.2) is 32.2 Å². The number of hydrogen-bond donors (Lipinski definition) is 1. The van der Waals surface area contributed by atoms with E-state index in [1.54, 1.807) is 47.3 Å². The molecule has 0 aliphatic heterocycles. The highest BCUT2D eigenvalue weighted by atomic mass is 35.5. The number of hydrogen-bond acceptors (Lipinski definition) is 5. The second-order valence-electron chi connectivity index (χ2n) is 6.40. The minimum Gasteiger partial charge on any atom is -0.326 e. The minimum absolute atomic E-state index is 0.0348. The fourth-order valence-corrected chi connectivity index (χ4v) is 3.37. The molecule has 0 atom stereocenters. The molecular formula is C20H19ClN4O2S. The summed E-state index contributed by atoms with van der Waals surface area (Å²) in [5.74, 6) is 0.0219. The van der Waals surface area contributed by atoms with Gasteiger partial charge in [-0.05, 0) is 42.5 Å². The van der Waals surface area contributed by atoms with Crippen molar-refractivity contribution in [3.05, 3.63) is 65.4 Å². The highest BCUT2D eigenvalue weighted by Crippen LogP contribution is 2.23. The van der Waals surface area contributed by atoms with Crippen molar-refractivity contribution in [3.63, 3.8) is 0 Å². The van der Waals surface area contributed by atoms with E-state index in [0.29, 0.717) is 21.4 Å². The Labute approximate surface area is 172 Å². The van der Waals surface area contributed by atoms with Gasteiger partial charge < -0.3 is 5.32 Å². The van der Waals surface area contributed by atoms with Crippen molar-refractivity contribution in [2.75, 3.05) is 11.1 Å². The zero-order chi connectivity index (χ0) is 20.1. The summed E-state index contributed by atoms with van der Waals surface area (Å²) >= 11 is 7.34. The van der Waals surface area contributed by atoms with E-state index in [1.165, 1.54) is 11.8 Å². The van der Waals surface area contributed by atoms with E-state index < -0.39 is 0 Å². The summed E-state index contributed by atoms with van der Waals surface area (Å²) in [7, 11) is 0. The van der Waals surface area contributed by atoms with Crippen molar-refractivity contribution in [1.29, 1.82) is 0 Å². The zero-order valence-corrected chi connectivity index (χ0v) is 17.0. The number of amides is 1. The van der Waals surface area contributed by atoms with Crippen molar-refractivity contribution in [1.82, 2.24) is 14.8 Å².